The van der Waals surface area contributed by atoms with Crippen LogP contribution < -0.4 is 10.8 Å². The number of hydrogen-bond donors (Lipinski definition) is 1. The standard InChI is InChI=1S/C20H32BN5O6/c1-19(2)20(3,4)32-21(31-19)16-5-6-17(24-15-16)18(27)23-7-9-28-11-13-30-14-12-29-10-8-25-26-22/h5-6,15H,7-14H2,1-4H3,(H,23,27). The third-order valence-electron chi connectivity index (χ3n) is 5.22. The van der Waals surface area contributed by atoms with Gasteiger partial charge in [0.05, 0.1) is 50.8 Å². The summed E-state index contributed by atoms with van der Waals surface area (Å²) in [4.78, 5) is 19.1. The number of pyridine rings is 1. The predicted octanol–water partition coefficient (Wildman–Crippen LogP) is 1.47. The van der Waals surface area contributed by atoms with Gasteiger partial charge in [0.1, 0.15) is 5.69 Å². The van der Waals surface area contributed by atoms with Gasteiger partial charge in [-0.25, -0.2) is 0 Å². The number of carbonyl (C=O) groups is 1. The monoisotopic (exact) mass is 449 g/mol. The van der Waals surface area contributed by atoms with Crippen molar-refractivity contribution in [3.63, 3.8) is 0 Å². The van der Waals surface area contributed by atoms with Crippen molar-refractivity contribution >= 4 is 18.5 Å². The Bertz CT molecular complexity index is 754. The molecule has 0 spiro atoms. The van der Waals surface area contributed by atoms with Gasteiger partial charge in [-0.05, 0) is 39.3 Å². The fourth-order valence-corrected chi connectivity index (χ4v) is 2.68. The number of ether oxygens (including phenoxy) is 3. The van der Waals surface area contributed by atoms with Crippen molar-refractivity contribution < 1.29 is 28.3 Å². The van der Waals surface area contributed by atoms with E-state index in [9.17, 15) is 4.79 Å². The van der Waals surface area contributed by atoms with Gasteiger partial charge in [-0.1, -0.05) is 11.2 Å². The van der Waals surface area contributed by atoms with Crippen LogP contribution in [0.4, 0.5) is 0 Å². The van der Waals surface area contributed by atoms with Crippen molar-refractivity contribution in [2.75, 3.05) is 52.7 Å². The molecule has 1 aromatic heterocycles. The number of hydrogen-bond acceptors (Lipinski definition) is 8. The largest absolute Gasteiger partial charge is 0.496 e. The average Bonchev–Trinajstić information content (AvgIpc) is 2.98. The first-order valence-corrected chi connectivity index (χ1v) is 10.6. The van der Waals surface area contributed by atoms with Crippen LogP contribution >= 0.6 is 0 Å². The minimum atomic E-state index is -0.510. The lowest BCUT2D eigenvalue weighted by Crippen LogP contribution is -2.41. The molecule has 0 saturated carbocycles. The van der Waals surface area contributed by atoms with Crippen LogP contribution in [-0.2, 0) is 23.5 Å². The Kier molecular flexibility index (Phi) is 10.4. The Balaban J connectivity index is 1.56. The average molecular weight is 449 g/mol. The van der Waals surface area contributed by atoms with E-state index in [1.807, 2.05) is 27.7 Å². The maximum absolute atomic E-state index is 12.2. The summed E-state index contributed by atoms with van der Waals surface area (Å²) in [5, 5.41) is 6.13. The molecule has 1 fully saturated rings. The van der Waals surface area contributed by atoms with Gasteiger partial charge in [-0.2, -0.15) is 0 Å². The minimum Gasteiger partial charge on any atom is -0.399 e. The highest BCUT2D eigenvalue weighted by atomic mass is 16.7. The molecule has 1 aliphatic rings. The zero-order valence-electron chi connectivity index (χ0n) is 19.2. The highest BCUT2D eigenvalue weighted by molar-refractivity contribution is 6.62. The summed E-state index contributed by atoms with van der Waals surface area (Å²) >= 11 is 0. The lowest BCUT2D eigenvalue weighted by molar-refractivity contribution is 0.00578. The molecule has 0 unspecified atom stereocenters. The normalized spacial score (nSPS) is 16.6. The summed E-state index contributed by atoms with van der Waals surface area (Å²) in [6.07, 6.45) is 1.60. The number of amides is 1. The van der Waals surface area contributed by atoms with Crippen molar-refractivity contribution in [3.8, 4) is 0 Å². The molecule has 0 aromatic carbocycles. The van der Waals surface area contributed by atoms with Gasteiger partial charge in [-0.15, -0.1) is 0 Å². The van der Waals surface area contributed by atoms with Crippen molar-refractivity contribution in [2.45, 2.75) is 38.9 Å². The Morgan fingerprint density at radius 1 is 1.06 bits per heavy atom. The molecule has 12 heteroatoms. The third-order valence-corrected chi connectivity index (χ3v) is 5.22. The van der Waals surface area contributed by atoms with Crippen molar-refractivity contribution in [3.05, 3.63) is 34.5 Å². The lowest BCUT2D eigenvalue weighted by atomic mass is 9.80. The van der Waals surface area contributed by atoms with E-state index in [1.165, 1.54) is 0 Å². The van der Waals surface area contributed by atoms with Crippen LogP contribution in [0.25, 0.3) is 10.4 Å². The highest BCUT2D eigenvalue weighted by Crippen LogP contribution is 2.36. The molecular formula is C20H32BN5O6. The summed E-state index contributed by atoms with van der Waals surface area (Å²) in [6, 6.07) is 3.44. The van der Waals surface area contributed by atoms with Crippen LogP contribution in [0, 0.1) is 0 Å². The second-order valence-corrected chi connectivity index (χ2v) is 8.11. The van der Waals surface area contributed by atoms with Crippen LogP contribution in [-0.4, -0.2) is 81.9 Å². The van der Waals surface area contributed by atoms with Crippen LogP contribution in [0.3, 0.4) is 0 Å². The molecule has 1 aliphatic heterocycles. The molecule has 0 radical (unpaired) electrons. The van der Waals surface area contributed by atoms with Crippen molar-refractivity contribution in [2.24, 2.45) is 5.11 Å². The summed E-state index contributed by atoms with van der Waals surface area (Å²) in [7, 11) is -0.510. The lowest BCUT2D eigenvalue weighted by Gasteiger charge is -2.32. The van der Waals surface area contributed by atoms with E-state index in [0.29, 0.717) is 58.4 Å². The van der Waals surface area contributed by atoms with Crippen LogP contribution in [0.5, 0.6) is 0 Å². The van der Waals surface area contributed by atoms with E-state index in [-0.39, 0.29) is 5.91 Å². The zero-order valence-corrected chi connectivity index (χ0v) is 19.2. The number of nitrogens with zero attached hydrogens (tertiary/aromatic N) is 4. The van der Waals surface area contributed by atoms with Gasteiger partial charge in [0.25, 0.3) is 5.91 Å². The molecular weight excluding hydrogens is 417 g/mol. The third kappa shape index (κ3) is 8.05. The number of azide groups is 1. The fraction of sp³-hybridized carbons (Fsp3) is 0.700. The SMILES string of the molecule is CC1(C)OB(c2ccc(C(=O)NCCOCCOCCOCCN=[N+]=[N-])nc2)OC1(C)C. The van der Waals surface area contributed by atoms with Gasteiger partial charge in [0, 0.05) is 29.7 Å². The summed E-state index contributed by atoms with van der Waals surface area (Å²) in [5.41, 5.74) is 8.34. The van der Waals surface area contributed by atoms with Crippen LogP contribution in [0.15, 0.2) is 23.4 Å². The molecule has 1 N–H and O–H groups in total. The van der Waals surface area contributed by atoms with Crippen molar-refractivity contribution in [1.29, 1.82) is 0 Å². The molecule has 11 nitrogen and oxygen atoms in total. The van der Waals surface area contributed by atoms with Crippen LogP contribution in [0.2, 0.25) is 0 Å². The Hall–Kier alpha value is -2.21. The van der Waals surface area contributed by atoms with Crippen molar-refractivity contribution in [1.82, 2.24) is 10.3 Å². The number of nitrogens with one attached hydrogen (secondary N) is 1. The molecule has 1 saturated heterocycles. The molecule has 176 valence electrons. The predicted molar refractivity (Wildman–Crippen MR) is 119 cm³/mol. The number of carbonyl (C=O) groups excluding carboxylic acids is 1. The van der Waals surface area contributed by atoms with Gasteiger partial charge in [-0.3, -0.25) is 9.78 Å². The topological polar surface area (TPSA) is 137 Å². The van der Waals surface area contributed by atoms with E-state index in [2.05, 4.69) is 20.3 Å². The first kappa shape index (κ1) is 26.1. The van der Waals surface area contributed by atoms with Gasteiger partial charge < -0.3 is 28.8 Å². The maximum atomic E-state index is 12.2. The molecule has 2 rings (SSSR count). The quantitative estimate of drug-likeness (QED) is 0.149. The summed E-state index contributed by atoms with van der Waals surface area (Å²) in [5.74, 6) is -0.275. The molecule has 1 aromatic rings. The smallest absolute Gasteiger partial charge is 0.399 e. The first-order chi connectivity index (χ1) is 15.3. The van der Waals surface area contributed by atoms with E-state index >= 15 is 0 Å². The van der Waals surface area contributed by atoms with Gasteiger partial charge >= 0.3 is 7.12 Å². The second kappa shape index (κ2) is 12.7. The number of aromatic nitrogens is 1. The molecule has 0 bridgehead atoms. The Morgan fingerprint density at radius 3 is 2.22 bits per heavy atom. The second-order valence-electron chi connectivity index (χ2n) is 8.11. The molecule has 0 atom stereocenters. The van der Waals surface area contributed by atoms with E-state index < -0.39 is 18.3 Å². The minimum absolute atomic E-state index is 0.275. The summed E-state index contributed by atoms with van der Waals surface area (Å²) < 4.78 is 27.9. The Morgan fingerprint density at radius 2 is 1.66 bits per heavy atom. The molecule has 2 heterocycles. The molecule has 32 heavy (non-hydrogen) atoms. The van der Waals surface area contributed by atoms with E-state index in [1.54, 1.807) is 18.3 Å². The first-order valence-electron chi connectivity index (χ1n) is 10.6. The van der Waals surface area contributed by atoms with Gasteiger partial charge in [0.2, 0.25) is 0 Å². The summed E-state index contributed by atoms with van der Waals surface area (Å²) in [6.45, 7) is 11.1. The molecule has 0 aliphatic carbocycles. The van der Waals surface area contributed by atoms with Gasteiger partial charge in [0.15, 0.2) is 0 Å². The van der Waals surface area contributed by atoms with E-state index in [4.69, 9.17) is 29.1 Å². The fourth-order valence-electron chi connectivity index (χ4n) is 2.68. The maximum Gasteiger partial charge on any atom is 0.496 e. The molecule has 1 amide bonds. The Labute approximate surface area is 188 Å². The van der Waals surface area contributed by atoms with Crippen LogP contribution in [0.1, 0.15) is 38.2 Å². The van der Waals surface area contributed by atoms with E-state index in [0.717, 1.165) is 5.46 Å². The number of rotatable bonds is 14. The zero-order chi connectivity index (χ0) is 23.5. The highest BCUT2D eigenvalue weighted by Gasteiger charge is 2.51.